The lowest BCUT2D eigenvalue weighted by Crippen LogP contribution is -2.52. The second-order valence-corrected chi connectivity index (χ2v) is 7.06. The first-order chi connectivity index (χ1) is 12.0. The van der Waals surface area contributed by atoms with Crippen LogP contribution >= 0.6 is 12.4 Å². The number of anilines is 2. The lowest BCUT2D eigenvalue weighted by atomic mass is 9.82. The summed E-state index contributed by atoms with van der Waals surface area (Å²) in [5.74, 6) is 0.581. The van der Waals surface area contributed by atoms with E-state index in [4.69, 9.17) is 10.5 Å². The summed E-state index contributed by atoms with van der Waals surface area (Å²) in [6.45, 7) is 0.674. The Morgan fingerprint density at radius 2 is 1.92 bits per heavy atom. The minimum atomic E-state index is -0.792. The first-order valence-corrected chi connectivity index (χ1v) is 9.12. The van der Waals surface area contributed by atoms with Gasteiger partial charge in [-0.25, -0.2) is 0 Å². The van der Waals surface area contributed by atoms with Crippen molar-refractivity contribution in [3.05, 3.63) is 18.2 Å². The van der Waals surface area contributed by atoms with Crippen LogP contribution in [0, 0.1) is 0 Å². The van der Waals surface area contributed by atoms with Crippen LogP contribution in [0.15, 0.2) is 18.2 Å². The largest absolute Gasteiger partial charge is 0.495 e. The highest BCUT2D eigenvalue weighted by Crippen LogP contribution is 2.34. The lowest BCUT2D eigenvalue weighted by Gasteiger charge is -2.32. The number of piperidine rings is 1. The Kier molecular flexibility index (Phi) is 6.89. The van der Waals surface area contributed by atoms with E-state index in [0.717, 1.165) is 32.1 Å². The molecule has 2 amide bonds. The van der Waals surface area contributed by atoms with Crippen LogP contribution in [-0.2, 0) is 9.59 Å². The number of carbonyl (C=O) groups is 2. The van der Waals surface area contributed by atoms with Gasteiger partial charge in [-0.1, -0.05) is 19.3 Å². The van der Waals surface area contributed by atoms with Gasteiger partial charge in [-0.3, -0.25) is 9.59 Å². The minimum Gasteiger partial charge on any atom is -0.495 e. The van der Waals surface area contributed by atoms with Gasteiger partial charge in [0.1, 0.15) is 5.75 Å². The van der Waals surface area contributed by atoms with Crippen molar-refractivity contribution in [1.82, 2.24) is 0 Å². The van der Waals surface area contributed by atoms with Crippen molar-refractivity contribution in [3.8, 4) is 5.75 Å². The average molecular weight is 382 g/mol. The Bertz CT molecular complexity index is 659. The van der Waals surface area contributed by atoms with Gasteiger partial charge in [0.25, 0.3) is 0 Å². The van der Waals surface area contributed by atoms with Gasteiger partial charge in [0.2, 0.25) is 11.8 Å². The maximum absolute atomic E-state index is 12.6. The molecule has 1 aliphatic heterocycles. The number of halogens is 1. The topological polar surface area (TPSA) is 84.7 Å². The molecular formula is C19H28ClN3O3. The number of nitrogens with zero attached hydrogens (tertiary/aromatic N) is 1. The highest BCUT2D eigenvalue weighted by molar-refractivity contribution is 6.00. The van der Waals surface area contributed by atoms with Crippen LogP contribution in [0.1, 0.15) is 51.4 Å². The normalized spacial score (nSPS) is 19.5. The van der Waals surface area contributed by atoms with Crippen LogP contribution in [0.5, 0.6) is 5.75 Å². The summed E-state index contributed by atoms with van der Waals surface area (Å²) < 4.78 is 5.41. The standard InChI is InChI=1S/C19H27N3O3.ClH/c1-25-16-9-8-14(13-15(16)22-12-6-3-7-17(22)23)21-18(24)19(20)10-4-2-5-11-19;/h8-9,13H,2-7,10-12,20H2,1H3,(H,21,24);1H. The maximum atomic E-state index is 12.6. The minimum absolute atomic E-state index is 0. The molecule has 1 aliphatic carbocycles. The number of carbonyl (C=O) groups excluding carboxylic acids is 2. The number of nitrogens with one attached hydrogen (secondary N) is 1. The Labute approximate surface area is 160 Å². The van der Waals surface area contributed by atoms with E-state index in [1.54, 1.807) is 24.1 Å². The fraction of sp³-hybridized carbons (Fsp3) is 0.579. The Balaban J connectivity index is 0.00000243. The van der Waals surface area contributed by atoms with E-state index < -0.39 is 5.54 Å². The molecule has 144 valence electrons. The van der Waals surface area contributed by atoms with Gasteiger partial charge >= 0.3 is 0 Å². The van der Waals surface area contributed by atoms with Crippen LogP contribution in [0.3, 0.4) is 0 Å². The summed E-state index contributed by atoms with van der Waals surface area (Å²) in [6, 6.07) is 5.39. The smallest absolute Gasteiger partial charge is 0.244 e. The number of hydrogen-bond donors (Lipinski definition) is 2. The Morgan fingerprint density at radius 1 is 1.19 bits per heavy atom. The Hall–Kier alpha value is -1.79. The summed E-state index contributed by atoms with van der Waals surface area (Å²) in [7, 11) is 1.59. The van der Waals surface area contributed by atoms with Crippen molar-refractivity contribution in [2.24, 2.45) is 5.73 Å². The molecule has 1 heterocycles. The fourth-order valence-electron chi connectivity index (χ4n) is 3.70. The summed E-state index contributed by atoms with van der Waals surface area (Å²) in [5, 5.41) is 2.94. The molecule has 0 bridgehead atoms. The fourth-order valence-corrected chi connectivity index (χ4v) is 3.70. The third kappa shape index (κ3) is 4.30. The average Bonchev–Trinajstić information content (AvgIpc) is 2.62. The van der Waals surface area contributed by atoms with Crippen LogP contribution in [0.25, 0.3) is 0 Å². The van der Waals surface area contributed by atoms with Crippen LogP contribution in [0.2, 0.25) is 0 Å². The second kappa shape index (κ2) is 8.73. The third-order valence-corrected chi connectivity index (χ3v) is 5.25. The molecule has 7 heteroatoms. The number of nitrogens with two attached hydrogens (primary N) is 1. The lowest BCUT2D eigenvalue weighted by molar-refractivity contribution is -0.122. The quantitative estimate of drug-likeness (QED) is 0.838. The summed E-state index contributed by atoms with van der Waals surface area (Å²) >= 11 is 0. The van der Waals surface area contributed by atoms with Gasteiger partial charge in [-0.2, -0.15) is 0 Å². The molecule has 0 atom stereocenters. The predicted octanol–water partition coefficient (Wildman–Crippen LogP) is 3.23. The van der Waals surface area contributed by atoms with Gasteiger partial charge in [0.05, 0.1) is 18.3 Å². The molecule has 26 heavy (non-hydrogen) atoms. The first kappa shape index (κ1) is 20.5. The van der Waals surface area contributed by atoms with Crippen molar-refractivity contribution in [2.45, 2.75) is 56.9 Å². The van der Waals surface area contributed by atoms with Crippen LogP contribution in [0.4, 0.5) is 11.4 Å². The van der Waals surface area contributed by atoms with Gasteiger partial charge in [0.15, 0.2) is 0 Å². The van der Waals surface area contributed by atoms with E-state index in [0.29, 0.717) is 42.9 Å². The number of amides is 2. The number of methoxy groups -OCH3 is 1. The summed E-state index contributed by atoms with van der Waals surface area (Å²) in [5.41, 5.74) is 6.87. The van der Waals surface area contributed by atoms with Gasteiger partial charge in [0, 0.05) is 18.7 Å². The van der Waals surface area contributed by atoms with E-state index in [1.165, 1.54) is 0 Å². The third-order valence-electron chi connectivity index (χ3n) is 5.25. The van der Waals surface area contributed by atoms with Gasteiger partial charge < -0.3 is 20.7 Å². The molecule has 1 saturated carbocycles. The summed E-state index contributed by atoms with van der Waals surface area (Å²) in [6.07, 6.45) is 6.97. The van der Waals surface area contributed by atoms with Crippen molar-refractivity contribution < 1.29 is 14.3 Å². The number of rotatable bonds is 4. The van der Waals surface area contributed by atoms with Gasteiger partial charge in [-0.05, 0) is 43.9 Å². The van der Waals surface area contributed by atoms with E-state index in [-0.39, 0.29) is 24.2 Å². The van der Waals surface area contributed by atoms with Crippen LogP contribution < -0.4 is 20.7 Å². The monoisotopic (exact) mass is 381 g/mol. The molecule has 1 saturated heterocycles. The molecule has 1 aromatic carbocycles. The first-order valence-electron chi connectivity index (χ1n) is 9.12. The van der Waals surface area contributed by atoms with Crippen LogP contribution in [-0.4, -0.2) is 31.0 Å². The predicted molar refractivity (Wildman–Crippen MR) is 105 cm³/mol. The maximum Gasteiger partial charge on any atom is 0.244 e. The second-order valence-electron chi connectivity index (χ2n) is 7.06. The van der Waals surface area contributed by atoms with Gasteiger partial charge in [-0.15, -0.1) is 12.4 Å². The molecule has 0 aromatic heterocycles. The highest BCUT2D eigenvalue weighted by Gasteiger charge is 2.35. The van der Waals surface area contributed by atoms with E-state index in [2.05, 4.69) is 5.32 Å². The van der Waals surface area contributed by atoms with Crippen molar-refractivity contribution in [3.63, 3.8) is 0 Å². The number of benzene rings is 1. The van der Waals surface area contributed by atoms with Crippen molar-refractivity contribution in [2.75, 3.05) is 23.9 Å². The van der Waals surface area contributed by atoms with Crippen molar-refractivity contribution in [1.29, 1.82) is 0 Å². The zero-order chi connectivity index (χ0) is 17.9. The zero-order valence-electron chi connectivity index (χ0n) is 15.3. The summed E-state index contributed by atoms with van der Waals surface area (Å²) in [4.78, 5) is 26.7. The van der Waals surface area contributed by atoms with Crippen molar-refractivity contribution >= 4 is 35.6 Å². The molecular weight excluding hydrogens is 354 g/mol. The molecule has 2 fully saturated rings. The molecule has 3 rings (SSSR count). The van der Waals surface area contributed by atoms with E-state index >= 15 is 0 Å². The highest BCUT2D eigenvalue weighted by atomic mass is 35.5. The number of ether oxygens (including phenoxy) is 1. The molecule has 6 nitrogen and oxygen atoms in total. The number of hydrogen-bond acceptors (Lipinski definition) is 4. The zero-order valence-corrected chi connectivity index (χ0v) is 16.1. The molecule has 1 aromatic rings. The Morgan fingerprint density at radius 3 is 2.58 bits per heavy atom. The van der Waals surface area contributed by atoms with E-state index in [9.17, 15) is 9.59 Å². The molecule has 0 unspecified atom stereocenters. The molecule has 3 N–H and O–H groups in total. The van der Waals surface area contributed by atoms with E-state index in [1.807, 2.05) is 6.07 Å². The molecule has 0 spiro atoms. The SMILES string of the molecule is COc1ccc(NC(=O)C2(N)CCCCC2)cc1N1CCCCC1=O.Cl. The molecule has 0 radical (unpaired) electrons. The molecule has 2 aliphatic rings.